The van der Waals surface area contributed by atoms with Crippen LogP contribution in [0.2, 0.25) is 0 Å². The summed E-state index contributed by atoms with van der Waals surface area (Å²) < 4.78 is 3.85. The Labute approximate surface area is 36.1 Å². The van der Waals surface area contributed by atoms with Gasteiger partial charge in [-0.1, -0.05) is 0 Å². The summed E-state index contributed by atoms with van der Waals surface area (Å²) >= 11 is -1.14. The standard InChI is InChI=1S/CH4AsNO2/c3-2-1(4)5/h2H,3H2,(H,4,5). The first kappa shape index (κ1) is 4.99. The van der Waals surface area contributed by atoms with Crippen LogP contribution in [0.3, 0.4) is 0 Å². The van der Waals surface area contributed by atoms with E-state index in [0.29, 0.717) is 0 Å². The molecule has 0 amide bonds. The van der Waals surface area contributed by atoms with Crippen molar-refractivity contribution in [2.75, 3.05) is 0 Å². The number of hydrogen-bond donors (Lipinski definition) is 2. The average Bonchev–Trinajstić information content (AvgIpc) is 1.38. The molecule has 1 atom stereocenters. The average molecular weight is 137 g/mol. The molecular formula is CH4AsNO2. The monoisotopic (exact) mass is 137 g/mol. The Morgan fingerprint density at radius 3 is 2.20 bits per heavy atom. The Bertz CT molecular complexity index is 44.9. The van der Waals surface area contributed by atoms with Crippen LogP contribution in [-0.4, -0.2) is 25.8 Å². The molecule has 0 radical (unpaired) electrons. The summed E-state index contributed by atoms with van der Waals surface area (Å²) in [5.74, 6) is 0. The topological polar surface area (TPSA) is 63.3 Å². The molecule has 0 aliphatic rings. The van der Waals surface area contributed by atoms with Crippen molar-refractivity contribution in [1.29, 1.82) is 0 Å². The number of carbonyl (C=O) groups is 1. The second kappa shape index (κ2) is 2.24. The molecule has 3 nitrogen and oxygen atoms in total. The molecule has 0 bridgehead atoms. The maximum atomic E-state index is 9.30. The fourth-order valence-electron chi connectivity index (χ4n) is 0. The van der Waals surface area contributed by atoms with E-state index in [4.69, 9.17) is 9.76 Å². The number of hydrogen-bond acceptors (Lipinski definition) is 2. The van der Waals surface area contributed by atoms with E-state index in [-0.39, 0.29) is 0 Å². The van der Waals surface area contributed by atoms with E-state index in [1.54, 1.807) is 0 Å². The number of rotatable bonds is 1. The van der Waals surface area contributed by atoms with Crippen LogP contribution in [0.25, 0.3) is 0 Å². The van der Waals surface area contributed by atoms with E-state index in [1.807, 2.05) is 0 Å². The zero-order chi connectivity index (χ0) is 4.28. The predicted molar refractivity (Wildman–Crippen MR) is 19.4 cm³/mol. The summed E-state index contributed by atoms with van der Waals surface area (Å²) in [5, 5.41) is 7.65. The van der Waals surface area contributed by atoms with Gasteiger partial charge in [-0.05, 0) is 0 Å². The Balaban J connectivity index is 2.85. The quantitative estimate of drug-likeness (QED) is 0.454. The van der Waals surface area contributed by atoms with Crippen molar-refractivity contribution in [3.8, 4) is 0 Å². The van der Waals surface area contributed by atoms with Crippen molar-refractivity contribution in [3.05, 3.63) is 0 Å². The van der Waals surface area contributed by atoms with Gasteiger partial charge in [-0.15, -0.1) is 0 Å². The van der Waals surface area contributed by atoms with E-state index >= 15 is 0 Å². The molecule has 0 aliphatic heterocycles. The van der Waals surface area contributed by atoms with Crippen LogP contribution in [0.4, 0.5) is 4.79 Å². The van der Waals surface area contributed by atoms with Gasteiger partial charge in [0, 0.05) is 0 Å². The van der Waals surface area contributed by atoms with E-state index in [0.717, 1.165) is 0 Å². The van der Waals surface area contributed by atoms with Gasteiger partial charge in [-0.3, -0.25) is 0 Å². The Hall–Kier alpha value is -0.0116. The van der Waals surface area contributed by atoms with Crippen LogP contribution in [0.15, 0.2) is 0 Å². The molecule has 0 aromatic rings. The number of carboxylic acid groups (broad SMARTS) is 1. The van der Waals surface area contributed by atoms with E-state index < -0.39 is 20.7 Å². The normalized spacial score (nSPS) is 9.80. The third kappa shape index (κ3) is 3.99. The summed E-state index contributed by atoms with van der Waals surface area (Å²) in [4.78, 5) is 9.30. The molecule has 0 aromatic heterocycles. The van der Waals surface area contributed by atoms with Gasteiger partial charge in [0.05, 0.1) is 0 Å². The van der Waals surface area contributed by atoms with Gasteiger partial charge in [0.2, 0.25) is 0 Å². The third-order valence-corrected chi connectivity index (χ3v) is 0.642. The van der Waals surface area contributed by atoms with Gasteiger partial charge >= 0.3 is 35.3 Å². The number of nitrogens with two attached hydrogens (primary N) is 1. The Kier molecular flexibility index (Phi) is 2.23. The van der Waals surface area contributed by atoms with Gasteiger partial charge in [0.25, 0.3) is 0 Å². The summed E-state index contributed by atoms with van der Waals surface area (Å²) in [7, 11) is 0. The molecule has 0 rings (SSSR count). The SMILES string of the molecule is N[AsH]C(=O)O. The molecule has 5 heavy (non-hydrogen) atoms. The van der Waals surface area contributed by atoms with Gasteiger partial charge in [-0.2, -0.15) is 0 Å². The fraction of sp³-hybridized carbons (Fsp3) is 0. The van der Waals surface area contributed by atoms with Crippen LogP contribution in [0.1, 0.15) is 0 Å². The van der Waals surface area contributed by atoms with Crippen molar-refractivity contribution < 1.29 is 9.90 Å². The Morgan fingerprint density at radius 1 is 2.00 bits per heavy atom. The maximum absolute atomic E-state index is 9.30. The molecule has 1 unspecified atom stereocenters. The summed E-state index contributed by atoms with van der Waals surface area (Å²) in [6.07, 6.45) is 0. The second-order valence-electron chi connectivity index (χ2n) is 0.449. The third-order valence-electron chi connectivity index (χ3n) is 0.123. The molecule has 30 valence electrons. The first-order chi connectivity index (χ1) is 2.27. The minimum absolute atomic E-state index is 0.843. The first-order valence-electron chi connectivity index (χ1n) is 0.966. The van der Waals surface area contributed by atoms with Crippen LogP contribution in [-0.2, 0) is 0 Å². The zero-order valence-electron chi connectivity index (χ0n) is 2.43. The van der Waals surface area contributed by atoms with E-state index in [9.17, 15) is 4.79 Å². The summed E-state index contributed by atoms with van der Waals surface area (Å²) in [6.45, 7) is 0. The first-order valence-corrected chi connectivity index (χ1v) is 3.23. The molecule has 0 aromatic carbocycles. The van der Waals surface area contributed by atoms with Crippen LogP contribution in [0, 0.1) is 0 Å². The van der Waals surface area contributed by atoms with Gasteiger partial charge in [-0.25, -0.2) is 0 Å². The molecular weight excluding hydrogens is 133 g/mol. The zero-order valence-corrected chi connectivity index (χ0v) is 4.53. The van der Waals surface area contributed by atoms with Crippen LogP contribution >= 0.6 is 0 Å². The van der Waals surface area contributed by atoms with Crippen molar-refractivity contribution in [2.45, 2.75) is 0 Å². The van der Waals surface area contributed by atoms with Crippen molar-refractivity contribution in [3.63, 3.8) is 0 Å². The second-order valence-corrected chi connectivity index (χ2v) is 1.95. The molecule has 0 spiro atoms. The molecule has 0 aliphatic carbocycles. The van der Waals surface area contributed by atoms with Crippen LogP contribution < -0.4 is 4.65 Å². The predicted octanol–water partition coefficient (Wildman–Crippen LogP) is -1.03. The summed E-state index contributed by atoms with van der Waals surface area (Å²) in [6, 6.07) is 0. The van der Waals surface area contributed by atoms with Gasteiger partial charge in [0.1, 0.15) is 0 Å². The van der Waals surface area contributed by atoms with E-state index in [2.05, 4.69) is 0 Å². The molecule has 0 fully saturated rings. The Morgan fingerprint density at radius 2 is 2.20 bits per heavy atom. The molecule has 0 saturated carbocycles. The molecule has 4 heteroatoms. The molecule has 3 N–H and O–H groups in total. The van der Waals surface area contributed by atoms with Crippen LogP contribution in [0.5, 0.6) is 0 Å². The van der Waals surface area contributed by atoms with Crippen molar-refractivity contribution in [2.24, 2.45) is 4.65 Å². The van der Waals surface area contributed by atoms with Gasteiger partial charge < -0.3 is 0 Å². The molecule has 0 heterocycles. The van der Waals surface area contributed by atoms with E-state index in [1.165, 1.54) is 0 Å². The van der Waals surface area contributed by atoms with Crippen molar-refractivity contribution >= 4 is 20.7 Å². The fourth-order valence-corrected chi connectivity index (χ4v) is 0. The minimum atomic E-state index is -1.14. The molecule has 0 saturated heterocycles. The van der Waals surface area contributed by atoms with Crippen molar-refractivity contribution in [1.82, 2.24) is 0 Å². The van der Waals surface area contributed by atoms with Gasteiger partial charge in [0.15, 0.2) is 0 Å². The summed E-state index contributed by atoms with van der Waals surface area (Å²) in [5.41, 5.74) is 0.